The predicted molar refractivity (Wildman–Crippen MR) is 78.0 cm³/mol. The maximum absolute atomic E-state index is 4.54. The Labute approximate surface area is 120 Å². The fourth-order valence-corrected chi connectivity index (χ4v) is 3.34. The third-order valence-electron chi connectivity index (χ3n) is 3.18. The number of halogens is 2. The van der Waals surface area contributed by atoms with Gasteiger partial charge in [-0.05, 0) is 63.2 Å². The summed E-state index contributed by atoms with van der Waals surface area (Å²) in [6.07, 6.45) is 7.23. The maximum Gasteiger partial charge on any atom is 0.0715 e. The van der Waals surface area contributed by atoms with E-state index in [-0.39, 0.29) is 0 Å². The van der Waals surface area contributed by atoms with Gasteiger partial charge in [-0.15, -0.1) is 0 Å². The molecule has 1 N–H and O–H groups in total. The molecule has 1 aromatic rings. The van der Waals surface area contributed by atoms with Crippen LogP contribution < -0.4 is 5.32 Å². The van der Waals surface area contributed by atoms with Gasteiger partial charge in [-0.2, -0.15) is 0 Å². The van der Waals surface area contributed by atoms with Crippen LogP contribution >= 0.6 is 31.9 Å². The molecule has 2 rings (SSSR count). The summed E-state index contributed by atoms with van der Waals surface area (Å²) in [6, 6.07) is 2.45. The molecule has 1 aliphatic rings. The molecule has 0 amide bonds. The van der Waals surface area contributed by atoms with Crippen LogP contribution in [0.5, 0.6) is 0 Å². The summed E-state index contributed by atoms with van der Waals surface area (Å²) < 4.78 is 2.11. The van der Waals surface area contributed by atoms with Crippen molar-refractivity contribution in [1.29, 1.82) is 0 Å². The van der Waals surface area contributed by atoms with E-state index in [1.807, 2.05) is 6.20 Å². The molecule has 0 spiro atoms. The standard InChI is InChI=1S/C13H18Br2N2/c1-2-16-12(6-5-9-3-4-9)13-11(15)7-10(14)8-17-13/h7-9,12,16H,2-6H2,1H3. The fraction of sp³-hybridized carbons (Fsp3) is 0.615. The van der Waals surface area contributed by atoms with E-state index in [9.17, 15) is 0 Å². The zero-order valence-corrected chi connectivity index (χ0v) is 13.2. The summed E-state index contributed by atoms with van der Waals surface area (Å²) >= 11 is 7.05. The number of nitrogens with one attached hydrogen (secondary N) is 1. The maximum atomic E-state index is 4.54. The summed E-state index contributed by atoms with van der Waals surface area (Å²) in [6.45, 7) is 3.14. The number of aromatic nitrogens is 1. The predicted octanol–water partition coefficient (Wildman–Crippen LogP) is 4.45. The molecule has 1 fully saturated rings. The second kappa shape index (κ2) is 6.30. The average Bonchev–Trinajstić information content (AvgIpc) is 3.09. The molecule has 0 radical (unpaired) electrons. The van der Waals surface area contributed by atoms with Crippen molar-refractivity contribution in [3.63, 3.8) is 0 Å². The lowest BCUT2D eigenvalue weighted by Gasteiger charge is -2.18. The van der Waals surface area contributed by atoms with Gasteiger partial charge in [-0.25, -0.2) is 0 Å². The van der Waals surface area contributed by atoms with Crippen LogP contribution in [0.15, 0.2) is 21.2 Å². The smallest absolute Gasteiger partial charge is 0.0715 e. The van der Waals surface area contributed by atoms with E-state index in [4.69, 9.17) is 0 Å². The average molecular weight is 362 g/mol. The highest BCUT2D eigenvalue weighted by atomic mass is 79.9. The number of nitrogens with zero attached hydrogens (tertiary/aromatic N) is 1. The highest BCUT2D eigenvalue weighted by molar-refractivity contribution is 9.11. The lowest BCUT2D eigenvalue weighted by atomic mass is 10.0. The third-order valence-corrected chi connectivity index (χ3v) is 4.25. The topological polar surface area (TPSA) is 24.9 Å². The van der Waals surface area contributed by atoms with Crippen molar-refractivity contribution in [2.45, 2.75) is 38.6 Å². The summed E-state index contributed by atoms with van der Waals surface area (Å²) in [5, 5.41) is 3.53. The van der Waals surface area contributed by atoms with Crippen molar-refractivity contribution < 1.29 is 0 Å². The van der Waals surface area contributed by atoms with Crippen molar-refractivity contribution in [3.8, 4) is 0 Å². The van der Waals surface area contributed by atoms with Gasteiger partial charge in [0.05, 0.1) is 11.7 Å². The molecule has 0 bridgehead atoms. The number of hydrogen-bond donors (Lipinski definition) is 1. The van der Waals surface area contributed by atoms with Gasteiger partial charge < -0.3 is 5.32 Å². The molecular formula is C13H18Br2N2. The van der Waals surface area contributed by atoms with Crippen LogP contribution in [0.3, 0.4) is 0 Å². The molecule has 1 aliphatic carbocycles. The molecule has 94 valence electrons. The minimum Gasteiger partial charge on any atom is -0.309 e. The van der Waals surface area contributed by atoms with Crippen LogP contribution in [-0.4, -0.2) is 11.5 Å². The monoisotopic (exact) mass is 360 g/mol. The van der Waals surface area contributed by atoms with Crippen LogP contribution in [-0.2, 0) is 0 Å². The van der Waals surface area contributed by atoms with E-state index in [0.29, 0.717) is 6.04 Å². The first-order valence-electron chi connectivity index (χ1n) is 6.25. The van der Waals surface area contributed by atoms with E-state index >= 15 is 0 Å². The first kappa shape index (κ1) is 13.5. The first-order chi connectivity index (χ1) is 8.20. The number of pyridine rings is 1. The van der Waals surface area contributed by atoms with E-state index < -0.39 is 0 Å². The molecule has 0 aliphatic heterocycles. The quantitative estimate of drug-likeness (QED) is 0.809. The van der Waals surface area contributed by atoms with Gasteiger partial charge >= 0.3 is 0 Å². The second-order valence-corrected chi connectivity index (χ2v) is 6.42. The minimum absolute atomic E-state index is 0.378. The Morgan fingerprint density at radius 3 is 2.82 bits per heavy atom. The zero-order valence-electron chi connectivity index (χ0n) is 10.0. The SMILES string of the molecule is CCNC(CCC1CC1)c1ncc(Br)cc1Br. The summed E-state index contributed by atoms with van der Waals surface area (Å²) in [7, 11) is 0. The Morgan fingerprint density at radius 2 is 2.24 bits per heavy atom. The Bertz CT molecular complexity index is 378. The van der Waals surface area contributed by atoms with E-state index in [2.05, 4.69) is 55.2 Å². The second-order valence-electron chi connectivity index (χ2n) is 4.65. The van der Waals surface area contributed by atoms with Crippen LogP contribution in [0.25, 0.3) is 0 Å². The van der Waals surface area contributed by atoms with Gasteiger partial charge in [0.2, 0.25) is 0 Å². The van der Waals surface area contributed by atoms with Crippen molar-refractivity contribution in [2.75, 3.05) is 6.54 Å². The molecule has 0 aromatic carbocycles. The van der Waals surface area contributed by atoms with Crippen LogP contribution in [0.4, 0.5) is 0 Å². The number of hydrogen-bond acceptors (Lipinski definition) is 2. The van der Waals surface area contributed by atoms with E-state index in [1.54, 1.807) is 0 Å². The summed E-state index contributed by atoms with van der Waals surface area (Å²) in [4.78, 5) is 4.54. The van der Waals surface area contributed by atoms with E-state index in [1.165, 1.54) is 25.7 Å². The Morgan fingerprint density at radius 1 is 1.47 bits per heavy atom. The van der Waals surface area contributed by atoms with Gasteiger partial charge in [-0.3, -0.25) is 4.98 Å². The van der Waals surface area contributed by atoms with Crippen molar-refractivity contribution in [2.24, 2.45) is 5.92 Å². The fourth-order valence-electron chi connectivity index (χ4n) is 2.07. The molecule has 4 heteroatoms. The van der Waals surface area contributed by atoms with Crippen molar-refractivity contribution in [3.05, 3.63) is 26.9 Å². The molecule has 1 atom stereocenters. The normalized spacial score (nSPS) is 17.1. The third kappa shape index (κ3) is 4.04. The molecule has 2 nitrogen and oxygen atoms in total. The van der Waals surface area contributed by atoms with Crippen molar-refractivity contribution in [1.82, 2.24) is 10.3 Å². The number of rotatable bonds is 6. The van der Waals surface area contributed by atoms with Crippen molar-refractivity contribution >= 4 is 31.9 Å². The van der Waals surface area contributed by atoms with E-state index in [0.717, 1.165) is 27.1 Å². The van der Waals surface area contributed by atoms with Gasteiger partial charge in [-0.1, -0.05) is 19.8 Å². The summed E-state index contributed by atoms with van der Waals surface area (Å²) in [5.41, 5.74) is 1.13. The van der Waals surface area contributed by atoms with Gasteiger partial charge in [0, 0.05) is 15.1 Å². The largest absolute Gasteiger partial charge is 0.309 e. The lowest BCUT2D eigenvalue weighted by molar-refractivity contribution is 0.470. The Hall–Kier alpha value is 0.0700. The molecule has 1 heterocycles. The summed E-state index contributed by atoms with van der Waals surface area (Å²) in [5.74, 6) is 0.977. The van der Waals surface area contributed by atoms with Crippen LogP contribution in [0, 0.1) is 5.92 Å². The van der Waals surface area contributed by atoms with Crippen LogP contribution in [0.1, 0.15) is 44.3 Å². The molecular weight excluding hydrogens is 344 g/mol. The van der Waals surface area contributed by atoms with Crippen LogP contribution in [0.2, 0.25) is 0 Å². The highest BCUT2D eigenvalue weighted by Gasteiger charge is 2.24. The highest BCUT2D eigenvalue weighted by Crippen LogP contribution is 2.36. The zero-order chi connectivity index (χ0) is 12.3. The lowest BCUT2D eigenvalue weighted by Crippen LogP contribution is -2.22. The van der Waals surface area contributed by atoms with Gasteiger partial charge in [0.15, 0.2) is 0 Å². The van der Waals surface area contributed by atoms with Gasteiger partial charge in [0.25, 0.3) is 0 Å². The molecule has 1 saturated carbocycles. The molecule has 1 aromatic heterocycles. The molecule has 17 heavy (non-hydrogen) atoms. The Balaban J connectivity index is 2.06. The first-order valence-corrected chi connectivity index (χ1v) is 7.83. The van der Waals surface area contributed by atoms with Gasteiger partial charge in [0.1, 0.15) is 0 Å². The molecule has 0 saturated heterocycles. The molecule has 1 unspecified atom stereocenters. The Kier molecular flexibility index (Phi) is 5.00. The minimum atomic E-state index is 0.378.